The zero-order chi connectivity index (χ0) is 10.8. The topological polar surface area (TPSA) is 25.2 Å². The summed E-state index contributed by atoms with van der Waals surface area (Å²) in [6.07, 6.45) is 3.75. The van der Waals surface area contributed by atoms with Crippen LogP contribution in [0.1, 0.15) is 5.56 Å². The molecule has 78 valence electrons. The Labute approximate surface area is 93.4 Å². The molecule has 0 saturated heterocycles. The average molecular weight is 222 g/mol. The number of aromatic nitrogens is 1. The van der Waals surface area contributed by atoms with Gasteiger partial charge in [0, 0.05) is 28.7 Å². The molecule has 0 bridgehead atoms. The lowest BCUT2D eigenvalue weighted by molar-refractivity contribution is 0.283. The van der Waals surface area contributed by atoms with Crippen LogP contribution in [-0.4, -0.2) is 9.67 Å². The summed E-state index contributed by atoms with van der Waals surface area (Å²) < 4.78 is 2.03. The lowest BCUT2D eigenvalue weighted by Crippen LogP contribution is -1.91. The van der Waals surface area contributed by atoms with Gasteiger partial charge in [0.15, 0.2) is 0 Å². The van der Waals surface area contributed by atoms with Crippen molar-refractivity contribution in [2.75, 3.05) is 0 Å². The number of allylic oxidation sites excluding steroid dienone is 1. The summed E-state index contributed by atoms with van der Waals surface area (Å²) in [5.74, 6) is 0. The summed E-state index contributed by atoms with van der Waals surface area (Å²) in [7, 11) is 0. The minimum absolute atomic E-state index is 0.0439. The molecular weight excluding hydrogens is 210 g/mol. The maximum atomic E-state index is 9.21. The first kappa shape index (κ1) is 10.3. The summed E-state index contributed by atoms with van der Waals surface area (Å²) in [5, 5.41) is 11.0. The highest BCUT2D eigenvalue weighted by atomic mass is 35.5. The van der Waals surface area contributed by atoms with Crippen molar-refractivity contribution in [1.82, 2.24) is 4.57 Å². The zero-order valence-corrected chi connectivity index (χ0v) is 9.04. The van der Waals surface area contributed by atoms with Gasteiger partial charge in [0.05, 0.1) is 12.1 Å². The highest BCUT2D eigenvalue weighted by Crippen LogP contribution is 2.24. The van der Waals surface area contributed by atoms with Crippen molar-refractivity contribution >= 4 is 22.5 Å². The van der Waals surface area contributed by atoms with E-state index in [0.717, 1.165) is 23.0 Å². The largest absolute Gasteiger partial charge is 0.392 e. The molecule has 0 aliphatic carbocycles. The Bertz CT molecular complexity index is 502. The Balaban J connectivity index is 2.69. The van der Waals surface area contributed by atoms with Gasteiger partial charge in [-0.2, -0.15) is 0 Å². The van der Waals surface area contributed by atoms with Gasteiger partial charge in [0.1, 0.15) is 0 Å². The Hall–Kier alpha value is -1.25. The van der Waals surface area contributed by atoms with E-state index in [-0.39, 0.29) is 6.61 Å². The van der Waals surface area contributed by atoms with E-state index in [1.807, 2.05) is 35.0 Å². The zero-order valence-electron chi connectivity index (χ0n) is 8.28. The Kier molecular flexibility index (Phi) is 2.80. The quantitative estimate of drug-likeness (QED) is 0.793. The fraction of sp³-hybridized carbons (Fsp3) is 0.167. The first-order valence-corrected chi connectivity index (χ1v) is 5.13. The number of rotatable bonds is 3. The van der Waals surface area contributed by atoms with Gasteiger partial charge in [0.25, 0.3) is 0 Å². The molecule has 0 fully saturated rings. The molecule has 1 aromatic heterocycles. The Morgan fingerprint density at radius 1 is 1.47 bits per heavy atom. The Morgan fingerprint density at radius 2 is 2.27 bits per heavy atom. The molecule has 0 aliphatic heterocycles. The predicted octanol–water partition coefficient (Wildman–Crippen LogP) is 2.97. The van der Waals surface area contributed by atoms with Crippen LogP contribution in [0.15, 0.2) is 37.1 Å². The number of aliphatic hydroxyl groups excluding tert-OH is 1. The smallest absolute Gasteiger partial charge is 0.0702 e. The fourth-order valence-corrected chi connectivity index (χ4v) is 1.92. The van der Waals surface area contributed by atoms with Crippen LogP contribution in [-0.2, 0) is 13.2 Å². The first-order chi connectivity index (χ1) is 7.26. The third kappa shape index (κ3) is 1.78. The third-order valence-corrected chi connectivity index (χ3v) is 2.66. The SMILES string of the molecule is C=CCn1cc(CO)c2ccc(Cl)cc21. The van der Waals surface area contributed by atoms with E-state index in [0.29, 0.717) is 5.02 Å². The Morgan fingerprint density at radius 3 is 2.93 bits per heavy atom. The number of nitrogens with zero attached hydrogens (tertiary/aromatic N) is 1. The fourth-order valence-electron chi connectivity index (χ4n) is 1.76. The predicted molar refractivity (Wildman–Crippen MR) is 63.1 cm³/mol. The van der Waals surface area contributed by atoms with Gasteiger partial charge in [0.2, 0.25) is 0 Å². The van der Waals surface area contributed by atoms with Crippen molar-refractivity contribution in [3.8, 4) is 0 Å². The molecule has 0 amide bonds. The lowest BCUT2D eigenvalue weighted by atomic mass is 10.2. The van der Waals surface area contributed by atoms with E-state index in [4.69, 9.17) is 11.6 Å². The van der Waals surface area contributed by atoms with E-state index in [9.17, 15) is 5.11 Å². The van der Waals surface area contributed by atoms with Crippen molar-refractivity contribution in [2.45, 2.75) is 13.2 Å². The summed E-state index contributed by atoms with van der Waals surface area (Å²) in [6.45, 7) is 4.47. The highest BCUT2D eigenvalue weighted by molar-refractivity contribution is 6.31. The van der Waals surface area contributed by atoms with Crippen LogP contribution in [0.4, 0.5) is 0 Å². The molecular formula is C12H12ClNO. The molecule has 0 spiro atoms. The van der Waals surface area contributed by atoms with E-state index in [1.54, 1.807) is 0 Å². The number of hydrogen-bond donors (Lipinski definition) is 1. The normalized spacial score (nSPS) is 10.8. The minimum atomic E-state index is 0.0439. The van der Waals surface area contributed by atoms with Gasteiger partial charge in [-0.1, -0.05) is 23.7 Å². The van der Waals surface area contributed by atoms with Crippen molar-refractivity contribution in [3.05, 3.63) is 47.6 Å². The van der Waals surface area contributed by atoms with Gasteiger partial charge in [-0.15, -0.1) is 6.58 Å². The number of benzene rings is 1. The van der Waals surface area contributed by atoms with E-state index in [1.165, 1.54) is 0 Å². The molecule has 2 aromatic rings. The van der Waals surface area contributed by atoms with Crippen LogP contribution in [0.25, 0.3) is 10.9 Å². The molecule has 2 nitrogen and oxygen atoms in total. The maximum Gasteiger partial charge on any atom is 0.0702 e. The summed E-state index contributed by atoms with van der Waals surface area (Å²) in [5.41, 5.74) is 1.95. The molecule has 1 heterocycles. The third-order valence-electron chi connectivity index (χ3n) is 2.42. The van der Waals surface area contributed by atoms with Gasteiger partial charge < -0.3 is 9.67 Å². The molecule has 0 atom stereocenters. The molecule has 1 aromatic carbocycles. The van der Waals surface area contributed by atoms with Crippen molar-refractivity contribution < 1.29 is 5.11 Å². The van der Waals surface area contributed by atoms with Gasteiger partial charge in [-0.05, 0) is 12.1 Å². The van der Waals surface area contributed by atoms with Crippen LogP contribution in [0.3, 0.4) is 0 Å². The van der Waals surface area contributed by atoms with Crippen LogP contribution in [0.5, 0.6) is 0 Å². The molecule has 0 saturated carbocycles. The minimum Gasteiger partial charge on any atom is -0.392 e. The number of halogens is 1. The van der Waals surface area contributed by atoms with E-state index < -0.39 is 0 Å². The average Bonchev–Trinajstić information content (AvgIpc) is 2.57. The number of fused-ring (bicyclic) bond motifs is 1. The van der Waals surface area contributed by atoms with Crippen LogP contribution in [0.2, 0.25) is 5.02 Å². The molecule has 15 heavy (non-hydrogen) atoms. The first-order valence-electron chi connectivity index (χ1n) is 4.75. The monoisotopic (exact) mass is 221 g/mol. The molecule has 0 radical (unpaired) electrons. The molecule has 0 aliphatic rings. The summed E-state index contributed by atoms with van der Waals surface area (Å²) in [4.78, 5) is 0. The summed E-state index contributed by atoms with van der Waals surface area (Å²) in [6, 6.07) is 5.67. The molecule has 1 N–H and O–H groups in total. The standard InChI is InChI=1S/C12H12ClNO/c1-2-5-14-7-9(8-15)11-4-3-10(13)6-12(11)14/h2-4,6-7,15H,1,5,8H2. The van der Waals surface area contributed by atoms with E-state index >= 15 is 0 Å². The van der Waals surface area contributed by atoms with Crippen LogP contribution in [0, 0.1) is 0 Å². The molecule has 2 rings (SSSR count). The lowest BCUT2D eigenvalue weighted by Gasteiger charge is -2.00. The van der Waals surface area contributed by atoms with Crippen molar-refractivity contribution in [3.63, 3.8) is 0 Å². The summed E-state index contributed by atoms with van der Waals surface area (Å²) >= 11 is 5.94. The molecule has 0 unspecified atom stereocenters. The van der Waals surface area contributed by atoms with Gasteiger partial charge in [-0.25, -0.2) is 0 Å². The maximum absolute atomic E-state index is 9.21. The second kappa shape index (κ2) is 4.09. The second-order valence-corrected chi connectivity index (χ2v) is 3.85. The highest BCUT2D eigenvalue weighted by Gasteiger charge is 2.06. The number of hydrogen-bond acceptors (Lipinski definition) is 1. The van der Waals surface area contributed by atoms with Gasteiger partial charge >= 0.3 is 0 Å². The van der Waals surface area contributed by atoms with Crippen LogP contribution >= 0.6 is 11.6 Å². The van der Waals surface area contributed by atoms with Crippen LogP contribution < -0.4 is 0 Å². The van der Waals surface area contributed by atoms with Crippen molar-refractivity contribution in [1.29, 1.82) is 0 Å². The van der Waals surface area contributed by atoms with E-state index in [2.05, 4.69) is 6.58 Å². The molecule has 3 heteroatoms. The van der Waals surface area contributed by atoms with Crippen molar-refractivity contribution in [2.24, 2.45) is 0 Å². The van der Waals surface area contributed by atoms with Gasteiger partial charge in [-0.3, -0.25) is 0 Å². The second-order valence-electron chi connectivity index (χ2n) is 3.41. The number of aliphatic hydroxyl groups is 1.